The van der Waals surface area contributed by atoms with Gasteiger partial charge in [0.1, 0.15) is 30.5 Å². The Morgan fingerprint density at radius 2 is 1.15 bits per heavy atom. The molecule has 48 heavy (non-hydrogen) atoms. The summed E-state index contributed by atoms with van der Waals surface area (Å²) in [5, 5.41) is 31.2. The van der Waals surface area contributed by atoms with Crippen molar-refractivity contribution in [2.45, 2.75) is 115 Å². The summed E-state index contributed by atoms with van der Waals surface area (Å²) in [4.78, 5) is 99.2. The number of nitrogens with one attached hydrogen (secondary N) is 5. The van der Waals surface area contributed by atoms with Gasteiger partial charge < -0.3 is 58.8 Å². The maximum atomic E-state index is 13.2. The molecule has 6 amide bonds. The normalized spacial score (nSPS) is 14.9. The van der Waals surface area contributed by atoms with Gasteiger partial charge in [-0.1, -0.05) is 34.1 Å². The zero-order valence-corrected chi connectivity index (χ0v) is 28.2. The fourth-order valence-electron chi connectivity index (χ4n) is 4.47. The zero-order chi connectivity index (χ0) is 37.0. The van der Waals surface area contributed by atoms with Crippen LogP contribution in [0.2, 0.25) is 0 Å². The highest BCUT2D eigenvalue weighted by molar-refractivity contribution is 5.97. The largest absolute Gasteiger partial charge is 0.481 e. The van der Waals surface area contributed by atoms with Crippen LogP contribution in [0.5, 0.6) is 0 Å². The average molecular weight is 687 g/mol. The summed E-state index contributed by atoms with van der Waals surface area (Å²) in [5.74, 6) is -6.82. The summed E-state index contributed by atoms with van der Waals surface area (Å²) >= 11 is 0. The zero-order valence-electron chi connectivity index (χ0n) is 28.2. The van der Waals surface area contributed by atoms with E-state index in [0.29, 0.717) is 32.1 Å². The molecule has 274 valence electrons. The lowest BCUT2D eigenvalue weighted by atomic mass is 10.0. The molecular weight excluding hydrogens is 632 g/mol. The number of hydrogen-bond donors (Lipinski definition) is 10. The highest BCUT2D eigenvalue weighted by atomic mass is 16.4. The van der Waals surface area contributed by atoms with E-state index in [1.54, 1.807) is 27.7 Å². The summed E-state index contributed by atoms with van der Waals surface area (Å²) in [6.07, 6.45) is 1.02. The van der Waals surface area contributed by atoms with E-state index in [0.717, 1.165) is 0 Å². The van der Waals surface area contributed by atoms with Crippen LogP contribution in [0, 0.1) is 11.8 Å². The average Bonchev–Trinajstić information content (AvgIpc) is 2.99. The molecule has 0 saturated carbocycles. The maximum Gasteiger partial charge on any atom is 0.305 e. The number of aliphatic hydroxyl groups is 1. The molecule has 0 aliphatic heterocycles. The molecule has 6 atom stereocenters. The summed E-state index contributed by atoms with van der Waals surface area (Å²) in [7, 11) is 0. The van der Waals surface area contributed by atoms with Gasteiger partial charge in [0.15, 0.2) is 0 Å². The molecule has 0 heterocycles. The smallest absolute Gasteiger partial charge is 0.305 e. The van der Waals surface area contributed by atoms with E-state index in [1.807, 2.05) is 0 Å². The van der Waals surface area contributed by atoms with Crippen molar-refractivity contribution >= 4 is 47.7 Å². The Bertz CT molecular complexity index is 1100. The number of carbonyl (C=O) groups is 8. The summed E-state index contributed by atoms with van der Waals surface area (Å²) < 4.78 is 0. The van der Waals surface area contributed by atoms with E-state index in [4.69, 9.17) is 17.2 Å². The van der Waals surface area contributed by atoms with Crippen LogP contribution in [0.15, 0.2) is 0 Å². The minimum absolute atomic E-state index is 0.0572. The van der Waals surface area contributed by atoms with E-state index in [1.165, 1.54) is 0 Å². The molecule has 0 aromatic carbocycles. The van der Waals surface area contributed by atoms with Crippen molar-refractivity contribution in [2.75, 3.05) is 13.2 Å². The highest BCUT2D eigenvalue weighted by Gasteiger charge is 2.33. The van der Waals surface area contributed by atoms with Gasteiger partial charge in [-0.05, 0) is 50.5 Å². The number of aliphatic carboxylic acids is 1. The lowest BCUT2D eigenvalue weighted by Gasteiger charge is -2.27. The third-order valence-corrected chi connectivity index (χ3v) is 7.01. The molecule has 0 bridgehead atoms. The van der Waals surface area contributed by atoms with Crippen LogP contribution in [0.3, 0.4) is 0 Å². The minimum atomic E-state index is -1.75. The first-order valence-corrected chi connectivity index (χ1v) is 16.0. The molecular formula is C30H54N8O10. The third-order valence-electron chi connectivity index (χ3n) is 7.01. The Morgan fingerprint density at radius 1 is 0.688 bits per heavy atom. The number of carboxylic acid groups (broad SMARTS) is 1. The van der Waals surface area contributed by atoms with Crippen LogP contribution in [0.25, 0.3) is 0 Å². The molecule has 0 saturated heterocycles. The number of rotatable bonds is 25. The van der Waals surface area contributed by atoms with Crippen LogP contribution in [0.4, 0.5) is 0 Å². The lowest BCUT2D eigenvalue weighted by molar-refractivity contribution is -0.141. The van der Waals surface area contributed by atoms with Gasteiger partial charge in [0.05, 0.1) is 25.1 Å². The molecule has 0 rings (SSSR count). The summed E-state index contributed by atoms with van der Waals surface area (Å²) in [5.41, 5.74) is 16.5. The first kappa shape index (κ1) is 43.8. The molecule has 0 aromatic rings. The van der Waals surface area contributed by atoms with Crippen LogP contribution >= 0.6 is 0 Å². The number of carboxylic acids is 1. The Kier molecular flexibility index (Phi) is 21.2. The van der Waals surface area contributed by atoms with Gasteiger partial charge in [0.2, 0.25) is 35.4 Å². The SMILES string of the molecule is CC(C)C[C@H](NC(=O)[C@H](CC(=O)O)NC(=O)[C@H](CO)NC(=O)[C@H](CC(C)C)NC(=O)[C@@H](N)CCCCN)C(=O)N[C@H](C=O)CCC(N)=O. The maximum absolute atomic E-state index is 13.2. The van der Waals surface area contributed by atoms with Crippen LogP contribution in [-0.2, 0) is 38.4 Å². The Hall–Kier alpha value is -4.16. The highest BCUT2D eigenvalue weighted by Crippen LogP contribution is 2.09. The van der Waals surface area contributed by atoms with E-state index in [9.17, 15) is 48.6 Å². The number of primary amides is 1. The molecule has 0 unspecified atom stereocenters. The van der Waals surface area contributed by atoms with Crippen molar-refractivity contribution in [2.24, 2.45) is 29.0 Å². The van der Waals surface area contributed by atoms with E-state index in [-0.39, 0.29) is 37.5 Å². The topological polar surface area (TPSA) is 315 Å². The van der Waals surface area contributed by atoms with Crippen molar-refractivity contribution in [1.82, 2.24) is 26.6 Å². The molecule has 0 aliphatic carbocycles. The van der Waals surface area contributed by atoms with E-state index < -0.39 is 90.7 Å². The number of amides is 6. The quantitative estimate of drug-likeness (QED) is 0.0337. The predicted octanol–water partition coefficient (Wildman–Crippen LogP) is -3.11. The van der Waals surface area contributed by atoms with E-state index >= 15 is 0 Å². The minimum Gasteiger partial charge on any atom is -0.481 e. The molecule has 0 fully saturated rings. The first-order valence-electron chi connectivity index (χ1n) is 16.0. The Labute approximate surface area is 280 Å². The number of unbranched alkanes of at least 4 members (excludes halogenated alkanes) is 1. The number of aldehydes is 1. The second-order valence-electron chi connectivity index (χ2n) is 12.4. The molecule has 18 heteroatoms. The van der Waals surface area contributed by atoms with E-state index in [2.05, 4.69) is 26.6 Å². The molecule has 18 nitrogen and oxygen atoms in total. The van der Waals surface area contributed by atoms with Crippen LogP contribution in [-0.4, -0.2) is 107 Å². The van der Waals surface area contributed by atoms with Crippen molar-refractivity contribution in [3.05, 3.63) is 0 Å². The van der Waals surface area contributed by atoms with Gasteiger partial charge in [-0.15, -0.1) is 0 Å². The molecule has 0 spiro atoms. The Balaban J connectivity index is 5.81. The standard InChI is InChI=1S/C30H54N8O10/c1-16(2)11-20(27(45)34-18(14-39)8-9-24(33)41)36-29(47)22(13-25(42)43)37-30(48)23(15-40)38-28(46)21(12-17(3)4)35-26(44)19(32)7-5-6-10-31/h14,16-23,40H,5-13,15,31-32H2,1-4H3,(H2,33,41)(H,34,45)(H,35,44)(H,36,47)(H,37,48)(H,38,46)(H,42,43)/t18-,19-,20-,21-,22-,23-/m0/s1. The number of nitrogens with two attached hydrogens (primary N) is 3. The van der Waals surface area contributed by atoms with Gasteiger partial charge in [-0.3, -0.25) is 33.6 Å². The predicted molar refractivity (Wildman–Crippen MR) is 173 cm³/mol. The van der Waals surface area contributed by atoms with Crippen molar-refractivity contribution < 1.29 is 48.6 Å². The second kappa shape index (κ2) is 23.2. The number of hydrogen-bond acceptors (Lipinski definition) is 11. The van der Waals surface area contributed by atoms with Crippen molar-refractivity contribution in [1.29, 1.82) is 0 Å². The van der Waals surface area contributed by atoms with Gasteiger partial charge in [-0.25, -0.2) is 0 Å². The summed E-state index contributed by atoms with van der Waals surface area (Å²) in [6, 6.07) is -7.80. The third kappa shape index (κ3) is 18.2. The molecule has 0 aliphatic rings. The van der Waals surface area contributed by atoms with Crippen molar-refractivity contribution in [3.63, 3.8) is 0 Å². The molecule has 0 aromatic heterocycles. The van der Waals surface area contributed by atoms with Crippen LogP contribution < -0.4 is 43.8 Å². The molecule has 13 N–H and O–H groups in total. The summed E-state index contributed by atoms with van der Waals surface area (Å²) in [6.45, 7) is 6.56. The van der Waals surface area contributed by atoms with Gasteiger partial charge in [-0.2, -0.15) is 0 Å². The Morgan fingerprint density at radius 3 is 1.60 bits per heavy atom. The lowest BCUT2D eigenvalue weighted by Crippen LogP contribution is -2.60. The first-order chi connectivity index (χ1) is 22.4. The van der Waals surface area contributed by atoms with Gasteiger partial charge in [0.25, 0.3) is 0 Å². The fourth-order valence-corrected chi connectivity index (χ4v) is 4.47. The van der Waals surface area contributed by atoms with Crippen LogP contribution in [0.1, 0.15) is 79.1 Å². The monoisotopic (exact) mass is 686 g/mol. The van der Waals surface area contributed by atoms with Gasteiger partial charge >= 0.3 is 5.97 Å². The van der Waals surface area contributed by atoms with Crippen molar-refractivity contribution in [3.8, 4) is 0 Å². The number of aliphatic hydroxyl groups excluding tert-OH is 1. The second-order valence-corrected chi connectivity index (χ2v) is 12.4. The number of carbonyl (C=O) groups excluding carboxylic acids is 7. The molecule has 0 radical (unpaired) electrons. The van der Waals surface area contributed by atoms with Gasteiger partial charge in [0, 0.05) is 6.42 Å². The fraction of sp³-hybridized carbons (Fsp3) is 0.733.